The number of nitrogens with zero attached hydrogens (tertiary/aromatic N) is 1. The van der Waals surface area contributed by atoms with Gasteiger partial charge in [-0.05, 0) is 32.4 Å². The Labute approximate surface area is 116 Å². The normalized spacial score (nSPS) is 15.8. The monoisotopic (exact) mass is 273 g/mol. The summed E-state index contributed by atoms with van der Waals surface area (Å²) in [6.07, 6.45) is 0.787. The lowest BCUT2D eigenvalue weighted by Crippen LogP contribution is -2.24. The minimum absolute atomic E-state index is 0.0895. The fourth-order valence-electron chi connectivity index (χ4n) is 2.61. The van der Waals surface area contributed by atoms with Gasteiger partial charge in [0.15, 0.2) is 0 Å². The molecule has 2 aromatic rings. The van der Waals surface area contributed by atoms with E-state index in [1.807, 2.05) is 32.0 Å². The Kier molecular flexibility index (Phi) is 2.61. The van der Waals surface area contributed by atoms with Gasteiger partial charge in [0.1, 0.15) is 28.4 Å². The molecule has 1 N–H and O–H groups in total. The second-order valence-corrected chi connectivity index (χ2v) is 5.60. The third-order valence-corrected chi connectivity index (χ3v) is 3.42. The van der Waals surface area contributed by atoms with Gasteiger partial charge >= 0.3 is 5.97 Å². The van der Waals surface area contributed by atoms with E-state index in [-0.39, 0.29) is 11.2 Å². The molecule has 0 bridgehead atoms. The molecule has 5 nitrogen and oxygen atoms in total. The van der Waals surface area contributed by atoms with Gasteiger partial charge in [0.25, 0.3) is 0 Å². The number of hydrogen-bond acceptors (Lipinski definition) is 4. The molecule has 1 aliphatic rings. The van der Waals surface area contributed by atoms with Crippen LogP contribution in [0.2, 0.25) is 0 Å². The molecule has 0 unspecified atom stereocenters. The first-order valence-electron chi connectivity index (χ1n) is 6.40. The number of carbonyl (C=O) groups is 1. The largest absolute Gasteiger partial charge is 0.487 e. The van der Waals surface area contributed by atoms with Gasteiger partial charge in [-0.15, -0.1) is 0 Å². The van der Waals surface area contributed by atoms with Crippen molar-refractivity contribution in [3.05, 3.63) is 35.1 Å². The summed E-state index contributed by atoms with van der Waals surface area (Å²) >= 11 is 0. The van der Waals surface area contributed by atoms with Crippen LogP contribution < -0.4 is 4.74 Å². The molecule has 20 heavy (non-hydrogen) atoms. The van der Waals surface area contributed by atoms with Crippen molar-refractivity contribution in [1.29, 1.82) is 0 Å². The third-order valence-electron chi connectivity index (χ3n) is 3.42. The zero-order valence-corrected chi connectivity index (χ0v) is 11.6. The highest BCUT2D eigenvalue weighted by Gasteiger charge is 2.34. The lowest BCUT2D eigenvalue weighted by atomic mass is 9.98. The fraction of sp³-hybridized carbons (Fsp3) is 0.333. The Morgan fingerprint density at radius 1 is 1.40 bits per heavy atom. The van der Waals surface area contributed by atoms with Crippen LogP contribution in [-0.4, -0.2) is 21.8 Å². The van der Waals surface area contributed by atoms with E-state index in [1.165, 1.54) is 0 Å². The summed E-state index contributed by atoms with van der Waals surface area (Å²) in [5.74, 6) is -0.0516. The van der Waals surface area contributed by atoms with E-state index in [2.05, 4.69) is 5.16 Å². The predicted octanol–water partition coefficient (Wildman–Crippen LogP) is 3.06. The highest BCUT2D eigenvalue weighted by atomic mass is 16.5. The number of hydrogen-bond donors (Lipinski definition) is 1. The first-order valence-corrected chi connectivity index (χ1v) is 6.40. The summed E-state index contributed by atoms with van der Waals surface area (Å²) in [7, 11) is 0. The van der Waals surface area contributed by atoms with Gasteiger partial charge in [0.2, 0.25) is 0 Å². The van der Waals surface area contributed by atoms with Gasteiger partial charge in [-0.2, -0.15) is 0 Å². The van der Waals surface area contributed by atoms with Crippen molar-refractivity contribution >= 4 is 5.97 Å². The molecular formula is C15H15NO4. The summed E-state index contributed by atoms with van der Waals surface area (Å²) in [5, 5.41) is 13.2. The summed E-state index contributed by atoms with van der Waals surface area (Å²) in [6, 6.07) is 5.68. The number of fused-ring (bicyclic) bond motifs is 1. The van der Waals surface area contributed by atoms with Crippen LogP contribution in [0.25, 0.3) is 11.3 Å². The van der Waals surface area contributed by atoms with Gasteiger partial charge < -0.3 is 14.4 Å². The van der Waals surface area contributed by atoms with E-state index in [4.69, 9.17) is 9.26 Å². The number of carboxylic acids is 1. The molecular weight excluding hydrogens is 258 g/mol. The maximum absolute atomic E-state index is 11.4. The molecule has 1 aliphatic heterocycles. The number of ether oxygens (including phenoxy) is 1. The average molecular weight is 273 g/mol. The first kappa shape index (κ1) is 12.7. The zero-order chi connectivity index (χ0) is 14.5. The quantitative estimate of drug-likeness (QED) is 0.910. The molecule has 2 heterocycles. The SMILES string of the molecule is Cc1onc(-c2cccc3c2OC(C)(C)C3)c1C(=O)O. The highest BCUT2D eigenvalue weighted by Crippen LogP contribution is 2.43. The van der Waals surface area contributed by atoms with Crippen LogP contribution in [0, 0.1) is 6.92 Å². The summed E-state index contributed by atoms with van der Waals surface area (Å²) in [4.78, 5) is 11.4. The molecule has 0 radical (unpaired) electrons. The van der Waals surface area contributed by atoms with Crippen LogP contribution in [-0.2, 0) is 6.42 Å². The predicted molar refractivity (Wildman–Crippen MR) is 72.0 cm³/mol. The molecule has 0 fully saturated rings. The maximum atomic E-state index is 11.4. The second-order valence-electron chi connectivity index (χ2n) is 5.60. The molecule has 0 aliphatic carbocycles. The topological polar surface area (TPSA) is 72.6 Å². The standard InChI is InChI=1S/C15H15NO4/c1-8-11(14(17)18)12(16-20-8)10-6-4-5-9-7-15(2,3)19-13(9)10/h4-6H,7H2,1-3H3,(H,17,18). The lowest BCUT2D eigenvalue weighted by Gasteiger charge is -2.17. The van der Waals surface area contributed by atoms with E-state index < -0.39 is 5.97 Å². The van der Waals surface area contributed by atoms with Crippen LogP contribution in [0.3, 0.4) is 0 Å². The molecule has 0 spiro atoms. The third kappa shape index (κ3) is 1.86. The van der Waals surface area contributed by atoms with Crippen LogP contribution in [0.5, 0.6) is 5.75 Å². The average Bonchev–Trinajstić information content (AvgIpc) is 2.86. The zero-order valence-electron chi connectivity index (χ0n) is 11.6. The molecule has 0 saturated carbocycles. The molecule has 3 rings (SSSR count). The Hall–Kier alpha value is -2.30. The van der Waals surface area contributed by atoms with Crippen LogP contribution in [0.15, 0.2) is 22.7 Å². The van der Waals surface area contributed by atoms with Crippen molar-refractivity contribution in [1.82, 2.24) is 5.16 Å². The summed E-state index contributed by atoms with van der Waals surface area (Å²) in [6.45, 7) is 5.60. The number of carboxylic acid groups (broad SMARTS) is 1. The summed E-state index contributed by atoms with van der Waals surface area (Å²) in [5.41, 5.74) is 1.85. The van der Waals surface area contributed by atoms with E-state index in [0.717, 1.165) is 12.0 Å². The van der Waals surface area contributed by atoms with E-state index in [9.17, 15) is 9.90 Å². The van der Waals surface area contributed by atoms with Crippen LogP contribution in [0.1, 0.15) is 35.5 Å². The summed E-state index contributed by atoms with van der Waals surface area (Å²) < 4.78 is 11.0. The Balaban J connectivity index is 2.19. The van der Waals surface area contributed by atoms with Gasteiger partial charge in [0.05, 0.1) is 0 Å². The smallest absolute Gasteiger partial charge is 0.341 e. The van der Waals surface area contributed by atoms with Crippen molar-refractivity contribution < 1.29 is 19.2 Å². The molecule has 1 aromatic heterocycles. The number of aromatic nitrogens is 1. The second kappa shape index (κ2) is 4.10. The van der Waals surface area contributed by atoms with E-state index >= 15 is 0 Å². The number of aryl methyl sites for hydroxylation is 1. The Morgan fingerprint density at radius 3 is 2.85 bits per heavy atom. The Bertz CT molecular complexity index is 700. The molecule has 1 aromatic carbocycles. The van der Waals surface area contributed by atoms with E-state index in [0.29, 0.717) is 22.8 Å². The molecule has 0 atom stereocenters. The van der Waals surface area contributed by atoms with Gasteiger partial charge in [0, 0.05) is 12.0 Å². The van der Waals surface area contributed by atoms with Gasteiger partial charge in [-0.1, -0.05) is 17.3 Å². The van der Waals surface area contributed by atoms with Crippen molar-refractivity contribution in [2.75, 3.05) is 0 Å². The first-order chi connectivity index (χ1) is 9.39. The lowest BCUT2D eigenvalue weighted by molar-refractivity contribution is 0.0696. The van der Waals surface area contributed by atoms with Crippen molar-refractivity contribution in [2.45, 2.75) is 32.8 Å². The van der Waals surface area contributed by atoms with Gasteiger partial charge in [-0.25, -0.2) is 4.79 Å². The number of aromatic carboxylic acids is 1. The minimum Gasteiger partial charge on any atom is -0.487 e. The molecule has 0 saturated heterocycles. The molecule has 0 amide bonds. The highest BCUT2D eigenvalue weighted by molar-refractivity contribution is 5.96. The maximum Gasteiger partial charge on any atom is 0.341 e. The molecule has 104 valence electrons. The van der Waals surface area contributed by atoms with E-state index in [1.54, 1.807) is 6.92 Å². The van der Waals surface area contributed by atoms with Crippen LogP contribution >= 0.6 is 0 Å². The minimum atomic E-state index is -1.05. The molecule has 5 heteroatoms. The van der Waals surface area contributed by atoms with Crippen molar-refractivity contribution in [3.63, 3.8) is 0 Å². The van der Waals surface area contributed by atoms with Crippen molar-refractivity contribution in [2.24, 2.45) is 0 Å². The van der Waals surface area contributed by atoms with Gasteiger partial charge in [-0.3, -0.25) is 0 Å². The number of rotatable bonds is 2. The fourth-order valence-corrected chi connectivity index (χ4v) is 2.61. The van der Waals surface area contributed by atoms with Crippen molar-refractivity contribution in [3.8, 4) is 17.0 Å². The number of para-hydroxylation sites is 1. The number of benzene rings is 1. The Morgan fingerprint density at radius 2 is 2.15 bits per heavy atom. The van der Waals surface area contributed by atoms with Crippen LogP contribution in [0.4, 0.5) is 0 Å².